The number of nitrogens with one attached hydrogen (secondary N) is 2. The van der Waals surface area contributed by atoms with Crippen LogP contribution in [0.5, 0.6) is 6.01 Å². The lowest BCUT2D eigenvalue weighted by Crippen LogP contribution is -2.13. The van der Waals surface area contributed by atoms with Crippen LogP contribution in [-0.2, 0) is 10.0 Å². The summed E-state index contributed by atoms with van der Waals surface area (Å²) in [5, 5.41) is 6.47. The van der Waals surface area contributed by atoms with Gasteiger partial charge < -0.3 is 4.74 Å². The first-order valence-corrected chi connectivity index (χ1v) is 6.62. The minimum absolute atomic E-state index is 0.0261. The van der Waals surface area contributed by atoms with Gasteiger partial charge in [-0.1, -0.05) is 11.6 Å². The number of rotatable bonds is 4. The Labute approximate surface area is 108 Å². The third-order valence-corrected chi connectivity index (χ3v) is 3.61. The molecule has 0 spiro atoms. The number of anilines is 1. The van der Waals surface area contributed by atoms with Crippen molar-refractivity contribution in [3.8, 4) is 6.01 Å². The van der Waals surface area contributed by atoms with Crippen LogP contribution in [0.4, 0.5) is 5.95 Å². The van der Waals surface area contributed by atoms with Gasteiger partial charge in [0.15, 0.2) is 0 Å². The highest BCUT2D eigenvalue weighted by atomic mass is 35.5. The molecule has 0 atom stereocenters. The van der Waals surface area contributed by atoms with Crippen LogP contribution in [0.15, 0.2) is 29.2 Å². The molecule has 0 unspecified atom stereocenters. The number of aromatic nitrogens is 3. The van der Waals surface area contributed by atoms with E-state index in [0.29, 0.717) is 5.02 Å². The Hall–Kier alpha value is -1.80. The molecule has 2 aromatic rings. The summed E-state index contributed by atoms with van der Waals surface area (Å²) in [6.45, 7) is 0. The van der Waals surface area contributed by atoms with Gasteiger partial charge in [0, 0.05) is 5.02 Å². The molecular weight excluding hydrogens is 280 g/mol. The van der Waals surface area contributed by atoms with Crippen molar-refractivity contribution in [3.63, 3.8) is 0 Å². The first-order valence-electron chi connectivity index (χ1n) is 4.76. The Morgan fingerprint density at radius 2 is 2.00 bits per heavy atom. The topological polar surface area (TPSA) is 97.0 Å². The molecule has 0 saturated carbocycles. The van der Waals surface area contributed by atoms with Crippen molar-refractivity contribution in [1.82, 2.24) is 15.2 Å². The molecule has 0 bridgehead atoms. The predicted octanol–water partition coefficient (Wildman–Crippen LogP) is 1.27. The summed E-state index contributed by atoms with van der Waals surface area (Å²) >= 11 is 5.68. The molecule has 2 N–H and O–H groups in total. The normalized spacial score (nSPS) is 11.2. The number of benzene rings is 1. The van der Waals surface area contributed by atoms with Crippen molar-refractivity contribution in [3.05, 3.63) is 29.3 Å². The monoisotopic (exact) mass is 288 g/mol. The van der Waals surface area contributed by atoms with E-state index < -0.39 is 10.0 Å². The second kappa shape index (κ2) is 4.83. The molecule has 96 valence electrons. The number of methoxy groups -OCH3 is 1. The van der Waals surface area contributed by atoms with Gasteiger partial charge in [-0.2, -0.15) is 4.98 Å². The average molecular weight is 289 g/mol. The summed E-state index contributed by atoms with van der Waals surface area (Å²) in [5.41, 5.74) is 0. The van der Waals surface area contributed by atoms with Crippen molar-refractivity contribution in [2.45, 2.75) is 4.90 Å². The highest BCUT2D eigenvalue weighted by molar-refractivity contribution is 7.92. The van der Waals surface area contributed by atoms with Gasteiger partial charge in [-0.15, -0.1) is 5.10 Å². The Balaban J connectivity index is 2.24. The Kier molecular flexibility index (Phi) is 3.39. The number of ether oxygens (including phenoxy) is 1. The van der Waals surface area contributed by atoms with Crippen LogP contribution in [0.3, 0.4) is 0 Å². The molecule has 7 nitrogen and oxygen atoms in total. The minimum Gasteiger partial charge on any atom is -0.466 e. The third-order valence-electron chi connectivity index (χ3n) is 2.00. The second-order valence-electron chi connectivity index (χ2n) is 3.23. The van der Waals surface area contributed by atoms with Crippen LogP contribution in [-0.4, -0.2) is 30.7 Å². The maximum Gasteiger partial charge on any atom is 0.336 e. The van der Waals surface area contributed by atoms with Crippen LogP contribution in [0.25, 0.3) is 0 Å². The van der Waals surface area contributed by atoms with Gasteiger partial charge in [0.05, 0.1) is 12.0 Å². The molecule has 18 heavy (non-hydrogen) atoms. The smallest absolute Gasteiger partial charge is 0.336 e. The molecule has 9 heteroatoms. The first kappa shape index (κ1) is 12.7. The molecule has 0 aliphatic carbocycles. The molecular formula is C9H9ClN4O3S. The molecule has 0 fully saturated rings. The number of aromatic amines is 1. The van der Waals surface area contributed by atoms with E-state index in [2.05, 4.69) is 19.9 Å². The highest BCUT2D eigenvalue weighted by Gasteiger charge is 2.16. The van der Waals surface area contributed by atoms with Gasteiger partial charge in [-0.3, -0.25) is 0 Å². The fourth-order valence-corrected chi connectivity index (χ4v) is 2.27. The zero-order chi connectivity index (χ0) is 13.2. The van der Waals surface area contributed by atoms with E-state index in [4.69, 9.17) is 16.3 Å². The zero-order valence-electron chi connectivity index (χ0n) is 9.21. The lowest BCUT2D eigenvalue weighted by molar-refractivity contribution is 0.382. The van der Waals surface area contributed by atoms with E-state index in [1.54, 1.807) is 0 Å². The van der Waals surface area contributed by atoms with Gasteiger partial charge >= 0.3 is 6.01 Å². The fourth-order valence-electron chi connectivity index (χ4n) is 1.18. The summed E-state index contributed by atoms with van der Waals surface area (Å²) in [6.07, 6.45) is 0. The minimum atomic E-state index is -3.72. The molecule has 0 amide bonds. The quantitative estimate of drug-likeness (QED) is 0.883. The average Bonchev–Trinajstić information content (AvgIpc) is 2.76. The number of hydrogen-bond donors (Lipinski definition) is 2. The van der Waals surface area contributed by atoms with Gasteiger partial charge in [0.25, 0.3) is 10.0 Å². The number of nitrogens with zero attached hydrogens (tertiary/aromatic N) is 2. The van der Waals surface area contributed by atoms with Crippen molar-refractivity contribution in [1.29, 1.82) is 0 Å². The van der Waals surface area contributed by atoms with E-state index in [1.807, 2.05) is 0 Å². The molecule has 1 aromatic heterocycles. The Bertz CT molecular complexity index is 638. The summed E-state index contributed by atoms with van der Waals surface area (Å²) in [7, 11) is -2.35. The number of halogens is 1. The van der Waals surface area contributed by atoms with E-state index in [9.17, 15) is 8.42 Å². The predicted molar refractivity (Wildman–Crippen MR) is 65.2 cm³/mol. The Morgan fingerprint density at radius 1 is 1.33 bits per heavy atom. The summed E-state index contributed by atoms with van der Waals surface area (Å²) in [5.74, 6) is -0.0261. The molecule has 1 heterocycles. The molecule has 0 aliphatic rings. The largest absolute Gasteiger partial charge is 0.466 e. The molecule has 1 aromatic carbocycles. The van der Waals surface area contributed by atoms with E-state index in [-0.39, 0.29) is 16.9 Å². The maximum atomic E-state index is 11.9. The zero-order valence-corrected chi connectivity index (χ0v) is 10.8. The maximum absolute atomic E-state index is 11.9. The number of sulfonamides is 1. The lowest BCUT2D eigenvalue weighted by Gasteiger charge is -2.04. The van der Waals surface area contributed by atoms with E-state index in [1.165, 1.54) is 31.4 Å². The van der Waals surface area contributed by atoms with Crippen molar-refractivity contribution in [2.75, 3.05) is 11.8 Å². The standard InChI is InChI=1S/C9H9ClN4O3S/c1-17-9-11-8(12-13-9)14-18(15,16)7-4-2-6(10)3-5-7/h2-5H,1H3,(H2,11,12,13,14). The van der Waals surface area contributed by atoms with Crippen molar-refractivity contribution >= 4 is 27.6 Å². The van der Waals surface area contributed by atoms with E-state index >= 15 is 0 Å². The molecule has 0 saturated heterocycles. The summed E-state index contributed by atoms with van der Waals surface area (Å²) in [4.78, 5) is 3.82. The van der Waals surface area contributed by atoms with Crippen LogP contribution in [0.1, 0.15) is 0 Å². The van der Waals surface area contributed by atoms with Crippen LogP contribution in [0, 0.1) is 0 Å². The number of hydrogen-bond acceptors (Lipinski definition) is 5. The van der Waals surface area contributed by atoms with Crippen LogP contribution >= 0.6 is 11.6 Å². The first-order chi connectivity index (χ1) is 8.51. The third kappa shape index (κ3) is 2.71. The van der Waals surface area contributed by atoms with Crippen LogP contribution in [0.2, 0.25) is 5.02 Å². The van der Waals surface area contributed by atoms with E-state index in [0.717, 1.165) is 0 Å². The number of H-pyrrole nitrogens is 1. The fraction of sp³-hybridized carbons (Fsp3) is 0.111. The van der Waals surface area contributed by atoms with Crippen molar-refractivity contribution < 1.29 is 13.2 Å². The SMILES string of the molecule is COc1n[nH]c(NS(=O)(=O)c2ccc(Cl)cc2)n1. The molecule has 2 rings (SSSR count). The highest BCUT2D eigenvalue weighted by Crippen LogP contribution is 2.16. The van der Waals surface area contributed by atoms with Gasteiger partial charge in [0.2, 0.25) is 5.95 Å². The van der Waals surface area contributed by atoms with Crippen LogP contribution < -0.4 is 9.46 Å². The summed E-state index contributed by atoms with van der Waals surface area (Å²) < 4.78 is 30.8. The second-order valence-corrected chi connectivity index (χ2v) is 5.35. The van der Waals surface area contributed by atoms with Gasteiger partial charge in [-0.05, 0) is 24.3 Å². The Morgan fingerprint density at radius 3 is 2.56 bits per heavy atom. The van der Waals surface area contributed by atoms with Gasteiger partial charge in [-0.25, -0.2) is 18.2 Å². The molecule has 0 radical (unpaired) electrons. The molecule has 0 aliphatic heterocycles. The summed E-state index contributed by atoms with van der Waals surface area (Å²) in [6, 6.07) is 5.79. The lowest BCUT2D eigenvalue weighted by atomic mass is 10.4. The van der Waals surface area contributed by atoms with Gasteiger partial charge in [0.1, 0.15) is 0 Å². The van der Waals surface area contributed by atoms with Crippen molar-refractivity contribution in [2.24, 2.45) is 0 Å².